The van der Waals surface area contributed by atoms with Crippen LogP contribution in [0.15, 0.2) is 46.9 Å². The summed E-state index contributed by atoms with van der Waals surface area (Å²) in [4.78, 5) is 2.09. The minimum Gasteiger partial charge on any atom is -0.493 e. The van der Waals surface area contributed by atoms with Gasteiger partial charge in [-0.05, 0) is 74.7 Å². The average Bonchev–Trinajstić information content (AvgIpc) is 2.78. The highest BCUT2D eigenvalue weighted by Crippen LogP contribution is 2.45. The van der Waals surface area contributed by atoms with Crippen LogP contribution in [0.4, 0.5) is 0 Å². The molecule has 3 rings (SSSR count). The Bertz CT molecular complexity index is 1180. The molecule has 188 valence electrons. The molecule has 0 N–H and O–H groups in total. The molecule has 1 heterocycles. The fourth-order valence-electron chi connectivity index (χ4n) is 4.55. The Labute approximate surface area is 211 Å². The first-order valence-electron chi connectivity index (χ1n) is 11.2. The molecule has 0 amide bonds. The molecular weight excluding hydrogens is 542 g/mol. The number of likely N-dealkylation sites (N-methyl/N-ethyl adjacent to an activating group) is 1. The Morgan fingerprint density at radius 3 is 2.24 bits per heavy atom. The fourth-order valence-corrected chi connectivity index (χ4v) is 10.8. The quantitative estimate of drug-likeness (QED) is 0.427. The van der Waals surface area contributed by atoms with Gasteiger partial charge in [-0.25, -0.2) is 16.8 Å². The van der Waals surface area contributed by atoms with E-state index in [4.69, 9.17) is 9.47 Å². The summed E-state index contributed by atoms with van der Waals surface area (Å²) in [7, 11) is -2.62. The van der Waals surface area contributed by atoms with Crippen molar-refractivity contribution in [1.82, 2.24) is 4.90 Å². The number of nitrogens with zero attached hydrogens (tertiary/aromatic N) is 1. The molecule has 2 aromatic carbocycles. The van der Waals surface area contributed by atoms with Gasteiger partial charge in [-0.2, -0.15) is 0 Å². The summed E-state index contributed by atoms with van der Waals surface area (Å²) in [6.07, 6.45) is 1.39. The minimum atomic E-state index is -3.88. The van der Waals surface area contributed by atoms with Crippen molar-refractivity contribution in [2.75, 3.05) is 45.9 Å². The third kappa shape index (κ3) is 5.45. The van der Waals surface area contributed by atoms with Crippen molar-refractivity contribution < 1.29 is 26.3 Å². The number of benzene rings is 2. The number of hydrogen-bond acceptors (Lipinski definition) is 7. The van der Waals surface area contributed by atoms with E-state index in [1.807, 2.05) is 25.2 Å². The molecule has 34 heavy (non-hydrogen) atoms. The van der Waals surface area contributed by atoms with Crippen molar-refractivity contribution in [1.29, 1.82) is 0 Å². The molecule has 10 heteroatoms. The molecule has 0 aromatic heterocycles. The van der Waals surface area contributed by atoms with Crippen molar-refractivity contribution in [3.05, 3.63) is 58.1 Å². The van der Waals surface area contributed by atoms with E-state index in [-0.39, 0.29) is 24.3 Å². The highest BCUT2D eigenvalue weighted by atomic mass is 79.9. The van der Waals surface area contributed by atoms with Crippen LogP contribution in [0.5, 0.6) is 11.5 Å². The summed E-state index contributed by atoms with van der Waals surface area (Å²) in [6, 6.07) is 12.5. The number of rotatable bonds is 10. The second-order valence-corrected chi connectivity index (χ2v) is 14.4. The molecule has 1 aliphatic rings. The molecule has 0 bridgehead atoms. The van der Waals surface area contributed by atoms with Gasteiger partial charge in [0.1, 0.15) is 0 Å². The van der Waals surface area contributed by atoms with Gasteiger partial charge >= 0.3 is 0 Å². The number of halogens is 1. The van der Waals surface area contributed by atoms with Gasteiger partial charge in [-0.1, -0.05) is 34.1 Å². The molecule has 0 radical (unpaired) electrons. The number of sulfone groups is 2. The number of ether oxygens (including phenoxy) is 2. The molecule has 7 nitrogen and oxygen atoms in total. The molecule has 0 spiro atoms. The zero-order chi connectivity index (χ0) is 25.0. The van der Waals surface area contributed by atoms with Crippen molar-refractivity contribution in [3.63, 3.8) is 0 Å². The average molecular weight is 575 g/mol. The first-order chi connectivity index (χ1) is 16.1. The molecule has 1 fully saturated rings. The predicted molar refractivity (Wildman–Crippen MR) is 138 cm³/mol. The normalized spacial score (nSPS) is 18.5. The van der Waals surface area contributed by atoms with Gasteiger partial charge in [0.2, 0.25) is 0 Å². The highest BCUT2D eigenvalue weighted by molar-refractivity contribution is 9.10. The lowest BCUT2D eigenvalue weighted by molar-refractivity contribution is 0.325. The first kappa shape index (κ1) is 27.0. The van der Waals surface area contributed by atoms with Gasteiger partial charge in [0.15, 0.2) is 35.3 Å². The van der Waals surface area contributed by atoms with Crippen molar-refractivity contribution >= 4 is 35.6 Å². The minimum absolute atomic E-state index is 0.0365. The highest BCUT2D eigenvalue weighted by Gasteiger charge is 2.57. The standard InChI is InChI=1S/C24H32BrNO6S2/c1-26(14-11-19-9-10-22(31-2)23(17-19)32-3)13-5-12-24(20-7-4-8-21(25)18-20)33(27,28)15-6-16-34(24,29)30/h4,7-10,17-18H,5-6,11-16H2,1-3H3. The predicted octanol–water partition coefficient (Wildman–Crippen LogP) is 3.81. The van der Waals surface area contributed by atoms with Crippen LogP contribution in [0.25, 0.3) is 0 Å². The first-order valence-corrected chi connectivity index (χ1v) is 15.3. The second-order valence-electron chi connectivity index (χ2n) is 8.60. The largest absolute Gasteiger partial charge is 0.493 e. The Balaban J connectivity index is 1.73. The zero-order valence-corrected chi connectivity index (χ0v) is 23.0. The van der Waals surface area contributed by atoms with Crippen LogP contribution >= 0.6 is 15.9 Å². The lowest BCUT2D eigenvalue weighted by Gasteiger charge is -2.37. The van der Waals surface area contributed by atoms with E-state index >= 15 is 0 Å². The van der Waals surface area contributed by atoms with Gasteiger partial charge in [0, 0.05) is 11.0 Å². The van der Waals surface area contributed by atoms with Gasteiger partial charge < -0.3 is 14.4 Å². The Hall–Kier alpha value is -1.62. The van der Waals surface area contributed by atoms with Crippen LogP contribution in [0.2, 0.25) is 0 Å². The molecule has 2 aromatic rings. The van der Waals surface area contributed by atoms with Crippen LogP contribution < -0.4 is 9.47 Å². The summed E-state index contributed by atoms with van der Waals surface area (Å²) in [5, 5.41) is 0. The summed E-state index contributed by atoms with van der Waals surface area (Å²) in [5.74, 6) is 1.11. The van der Waals surface area contributed by atoms with Crippen molar-refractivity contribution in [2.24, 2.45) is 0 Å². The smallest absolute Gasteiger partial charge is 0.198 e. The summed E-state index contributed by atoms with van der Waals surface area (Å²) >= 11 is 3.37. The van der Waals surface area contributed by atoms with Crippen LogP contribution in [-0.2, 0) is 30.2 Å². The molecule has 0 atom stereocenters. The van der Waals surface area contributed by atoms with Gasteiger partial charge in [0.05, 0.1) is 25.7 Å². The van der Waals surface area contributed by atoms with E-state index in [0.717, 1.165) is 18.5 Å². The molecule has 0 aliphatic carbocycles. The Kier molecular flexibility index (Phi) is 8.70. The second kappa shape index (κ2) is 11.0. The fraction of sp³-hybridized carbons (Fsp3) is 0.500. The van der Waals surface area contributed by atoms with Crippen molar-refractivity contribution in [3.8, 4) is 11.5 Å². The van der Waals surface area contributed by atoms with E-state index in [0.29, 0.717) is 34.5 Å². The molecule has 0 saturated carbocycles. The van der Waals surface area contributed by atoms with Crippen LogP contribution in [-0.4, -0.2) is 67.6 Å². The summed E-state index contributed by atoms with van der Waals surface area (Å²) in [5.41, 5.74) is 1.42. The maximum atomic E-state index is 13.3. The van der Waals surface area contributed by atoms with Gasteiger partial charge in [-0.3, -0.25) is 0 Å². The van der Waals surface area contributed by atoms with Crippen LogP contribution in [0, 0.1) is 0 Å². The zero-order valence-electron chi connectivity index (χ0n) is 19.8. The summed E-state index contributed by atoms with van der Waals surface area (Å²) < 4.78 is 62.6. The van der Waals surface area contributed by atoms with E-state index in [1.54, 1.807) is 38.5 Å². The molecule has 1 saturated heterocycles. The topological polar surface area (TPSA) is 90.0 Å². The van der Waals surface area contributed by atoms with E-state index in [9.17, 15) is 16.8 Å². The van der Waals surface area contributed by atoms with Gasteiger partial charge in [-0.15, -0.1) is 0 Å². The monoisotopic (exact) mass is 573 g/mol. The maximum Gasteiger partial charge on any atom is 0.198 e. The van der Waals surface area contributed by atoms with Crippen LogP contribution in [0.3, 0.4) is 0 Å². The van der Waals surface area contributed by atoms with E-state index in [1.165, 1.54) is 0 Å². The van der Waals surface area contributed by atoms with E-state index in [2.05, 4.69) is 20.8 Å². The Morgan fingerprint density at radius 2 is 1.62 bits per heavy atom. The third-order valence-corrected chi connectivity index (χ3v) is 12.9. The molecule has 0 unspecified atom stereocenters. The lowest BCUT2D eigenvalue weighted by Crippen LogP contribution is -2.50. The van der Waals surface area contributed by atoms with E-state index < -0.39 is 23.8 Å². The molecular formula is C24H32BrNO6S2. The number of hydrogen-bond donors (Lipinski definition) is 0. The van der Waals surface area contributed by atoms with Crippen LogP contribution in [0.1, 0.15) is 30.4 Å². The number of methoxy groups -OCH3 is 2. The third-order valence-electron chi connectivity index (χ3n) is 6.37. The Morgan fingerprint density at radius 1 is 0.941 bits per heavy atom. The summed E-state index contributed by atoms with van der Waals surface area (Å²) in [6.45, 7) is 1.31. The SMILES string of the molecule is COc1ccc(CCN(C)CCCC2(c3cccc(Br)c3)S(=O)(=O)CCCS2(=O)=O)cc1OC. The maximum absolute atomic E-state index is 13.3. The van der Waals surface area contributed by atoms with Crippen molar-refractivity contribution in [2.45, 2.75) is 29.8 Å². The van der Waals surface area contributed by atoms with Gasteiger partial charge in [0.25, 0.3) is 0 Å². The molecule has 1 aliphatic heterocycles. The lowest BCUT2D eigenvalue weighted by atomic mass is 10.1.